The number of nitrogens with zero attached hydrogens (tertiary/aromatic N) is 1. The van der Waals surface area contributed by atoms with Crippen LogP contribution in [0, 0.1) is 0 Å². The molecule has 1 fully saturated rings. The molecule has 0 spiro atoms. The molecule has 2 atom stereocenters. The second-order valence-corrected chi connectivity index (χ2v) is 5.90. The molecule has 0 aliphatic carbocycles. The van der Waals surface area contributed by atoms with Crippen LogP contribution in [0.3, 0.4) is 0 Å². The summed E-state index contributed by atoms with van der Waals surface area (Å²) in [7, 11) is 0. The molecule has 1 aromatic rings. The van der Waals surface area contributed by atoms with Crippen molar-refractivity contribution in [2.24, 2.45) is 0 Å². The Labute approximate surface area is 135 Å². The predicted octanol–water partition coefficient (Wildman–Crippen LogP) is 1.77. The fraction of sp³-hybridized carbons (Fsp3) is 0.529. The summed E-state index contributed by atoms with van der Waals surface area (Å²) in [5.41, 5.74) is 0. The van der Waals surface area contributed by atoms with E-state index in [0.717, 1.165) is 25.8 Å². The number of ether oxygens (including phenoxy) is 3. The first-order valence-corrected chi connectivity index (χ1v) is 8.00. The first-order valence-electron chi connectivity index (χ1n) is 8.00. The molecule has 1 aromatic carbocycles. The summed E-state index contributed by atoms with van der Waals surface area (Å²) in [6, 6.07) is 7.35. The largest absolute Gasteiger partial charge is 0.485 e. The first kappa shape index (κ1) is 15.6. The van der Waals surface area contributed by atoms with Crippen molar-refractivity contribution in [1.82, 2.24) is 4.90 Å². The van der Waals surface area contributed by atoms with Gasteiger partial charge in [0.05, 0.1) is 0 Å². The van der Waals surface area contributed by atoms with Crippen molar-refractivity contribution in [2.75, 3.05) is 19.8 Å². The molecule has 6 nitrogen and oxygen atoms in total. The van der Waals surface area contributed by atoms with Gasteiger partial charge in [-0.15, -0.1) is 0 Å². The van der Waals surface area contributed by atoms with Crippen LogP contribution in [-0.2, 0) is 14.3 Å². The van der Waals surface area contributed by atoms with Crippen LogP contribution >= 0.6 is 0 Å². The zero-order valence-electron chi connectivity index (χ0n) is 13.2. The number of hydrogen-bond acceptors (Lipinski definition) is 5. The molecule has 0 radical (unpaired) electrons. The highest BCUT2D eigenvalue weighted by Gasteiger charge is 2.30. The van der Waals surface area contributed by atoms with Crippen molar-refractivity contribution >= 4 is 11.9 Å². The van der Waals surface area contributed by atoms with Gasteiger partial charge in [-0.2, -0.15) is 0 Å². The summed E-state index contributed by atoms with van der Waals surface area (Å²) in [5, 5.41) is 0. The van der Waals surface area contributed by atoms with Crippen LogP contribution in [0.1, 0.15) is 26.2 Å². The van der Waals surface area contributed by atoms with Gasteiger partial charge in [0.2, 0.25) is 6.10 Å². The molecule has 23 heavy (non-hydrogen) atoms. The highest BCUT2D eigenvalue weighted by molar-refractivity contribution is 5.82. The van der Waals surface area contributed by atoms with Gasteiger partial charge in [0.15, 0.2) is 18.1 Å². The maximum Gasteiger partial charge on any atom is 0.351 e. The van der Waals surface area contributed by atoms with E-state index in [1.807, 2.05) is 13.0 Å². The van der Waals surface area contributed by atoms with E-state index in [0.29, 0.717) is 11.5 Å². The molecule has 0 unspecified atom stereocenters. The van der Waals surface area contributed by atoms with Gasteiger partial charge in [-0.3, -0.25) is 4.79 Å². The molecule has 0 bridgehead atoms. The van der Waals surface area contributed by atoms with Gasteiger partial charge in [0.1, 0.15) is 6.61 Å². The van der Waals surface area contributed by atoms with Crippen LogP contribution < -0.4 is 9.47 Å². The number of likely N-dealkylation sites (tertiary alicyclic amines) is 1. The third-order valence-electron chi connectivity index (χ3n) is 4.23. The third kappa shape index (κ3) is 3.57. The number of amides is 1. The lowest BCUT2D eigenvalue weighted by molar-refractivity contribution is -0.161. The topological polar surface area (TPSA) is 65.1 Å². The molecule has 3 rings (SSSR count). The Kier molecular flexibility index (Phi) is 4.69. The minimum absolute atomic E-state index is 0.0875. The monoisotopic (exact) mass is 319 g/mol. The number of carbonyl (C=O) groups excluding carboxylic acids is 2. The highest BCUT2D eigenvalue weighted by Crippen LogP contribution is 2.31. The lowest BCUT2D eigenvalue weighted by atomic mass is 10.0. The molecule has 1 saturated heterocycles. The molecule has 2 aliphatic rings. The van der Waals surface area contributed by atoms with Gasteiger partial charge in [-0.1, -0.05) is 12.1 Å². The molecular weight excluding hydrogens is 298 g/mol. The Hall–Kier alpha value is -2.24. The SMILES string of the molecule is C[C@@H]1CCCCN1C(=O)COC(=O)[C@H]1COc2ccccc2O1. The highest BCUT2D eigenvalue weighted by atomic mass is 16.6. The van der Waals surface area contributed by atoms with E-state index >= 15 is 0 Å². The first-order chi connectivity index (χ1) is 11.1. The number of carbonyl (C=O) groups is 2. The van der Waals surface area contributed by atoms with Gasteiger partial charge in [-0.25, -0.2) is 4.79 Å². The Morgan fingerprint density at radius 3 is 2.83 bits per heavy atom. The summed E-state index contributed by atoms with van der Waals surface area (Å²) in [6.45, 7) is 2.59. The Bertz CT molecular complexity index is 588. The Morgan fingerprint density at radius 1 is 1.26 bits per heavy atom. The fourth-order valence-electron chi connectivity index (χ4n) is 2.91. The van der Waals surface area contributed by atoms with Crippen molar-refractivity contribution in [3.63, 3.8) is 0 Å². The second-order valence-electron chi connectivity index (χ2n) is 5.90. The summed E-state index contributed by atoms with van der Waals surface area (Å²) in [5.74, 6) is 0.395. The van der Waals surface area contributed by atoms with E-state index in [2.05, 4.69) is 0 Å². The van der Waals surface area contributed by atoms with Gasteiger partial charge in [-0.05, 0) is 38.3 Å². The Morgan fingerprint density at radius 2 is 2.04 bits per heavy atom. The van der Waals surface area contributed by atoms with Crippen LogP contribution in [0.5, 0.6) is 11.5 Å². The van der Waals surface area contributed by atoms with Crippen molar-refractivity contribution in [2.45, 2.75) is 38.3 Å². The molecule has 124 valence electrons. The minimum atomic E-state index is -0.837. The smallest absolute Gasteiger partial charge is 0.351 e. The van der Waals surface area contributed by atoms with Crippen molar-refractivity contribution in [1.29, 1.82) is 0 Å². The maximum absolute atomic E-state index is 12.2. The van der Waals surface area contributed by atoms with Crippen molar-refractivity contribution in [3.05, 3.63) is 24.3 Å². The zero-order chi connectivity index (χ0) is 16.2. The molecule has 6 heteroatoms. The summed E-state index contributed by atoms with van der Waals surface area (Å²) < 4.78 is 16.2. The molecular formula is C17H21NO5. The lowest BCUT2D eigenvalue weighted by Gasteiger charge is -2.33. The van der Waals surface area contributed by atoms with Crippen LogP contribution in [0.2, 0.25) is 0 Å². The van der Waals surface area contributed by atoms with Gasteiger partial charge >= 0.3 is 5.97 Å². The molecule has 1 amide bonds. The average molecular weight is 319 g/mol. The molecule has 0 N–H and O–H groups in total. The maximum atomic E-state index is 12.2. The number of esters is 1. The van der Waals surface area contributed by atoms with Crippen LogP contribution in [0.15, 0.2) is 24.3 Å². The summed E-state index contributed by atoms with van der Waals surface area (Å²) in [6.07, 6.45) is 2.30. The molecule has 0 aromatic heterocycles. The summed E-state index contributed by atoms with van der Waals surface area (Å²) in [4.78, 5) is 26.0. The lowest BCUT2D eigenvalue weighted by Crippen LogP contribution is -2.45. The standard InChI is InChI=1S/C17H21NO5/c1-12-6-4-5-9-18(12)16(19)11-22-17(20)15-10-21-13-7-2-3-8-14(13)23-15/h2-3,7-8,12,15H,4-6,9-11H2,1H3/t12-,15-/m1/s1. The number of para-hydroxylation sites is 2. The fourth-order valence-corrected chi connectivity index (χ4v) is 2.91. The minimum Gasteiger partial charge on any atom is -0.485 e. The van der Waals surface area contributed by atoms with E-state index < -0.39 is 12.1 Å². The van der Waals surface area contributed by atoms with E-state index in [9.17, 15) is 9.59 Å². The summed E-state index contributed by atoms with van der Waals surface area (Å²) >= 11 is 0. The predicted molar refractivity (Wildman–Crippen MR) is 82.3 cm³/mol. The number of piperidine rings is 1. The van der Waals surface area contributed by atoms with E-state index in [1.54, 1.807) is 23.1 Å². The third-order valence-corrected chi connectivity index (χ3v) is 4.23. The van der Waals surface area contributed by atoms with Gasteiger partial charge in [0, 0.05) is 12.6 Å². The van der Waals surface area contributed by atoms with Gasteiger partial charge < -0.3 is 19.1 Å². The van der Waals surface area contributed by atoms with E-state index in [4.69, 9.17) is 14.2 Å². The van der Waals surface area contributed by atoms with E-state index in [-0.39, 0.29) is 25.2 Å². The Balaban J connectivity index is 1.51. The number of hydrogen-bond donors (Lipinski definition) is 0. The van der Waals surface area contributed by atoms with Crippen LogP contribution in [0.4, 0.5) is 0 Å². The van der Waals surface area contributed by atoms with Gasteiger partial charge in [0.25, 0.3) is 5.91 Å². The molecule has 2 aliphatic heterocycles. The average Bonchev–Trinajstić information content (AvgIpc) is 2.59. The van der Waals surface area contributed by atoms with Crippen LogP contribution in [0.25, 0.3) is 0 Å². The van der Waals surface area contributed by atoms with Crippen LogP contribution in [-0.4, -0.2) is 48.7 Å². The normalized spacial score (nSPS) is 23.3. The molecule has 2 heterocycles. The number of fused-ring (bicyclic) bond motifs is 1. The van der Waals surface area contributed by atoms with Crippen molar-refractivity contribution in [3.8, 4) is 11.5 Å². The zero-order valence-corrected chi connectivity index (χ0v) is 13.2. The van der Waals surface area contributed by atoms with E-state index in [1.165, 1.54) is 0 Å². The number of benzene rings is 1. The second kappa shape index (κ2) is 6.89. The van der Waals surface area contributed by atoms with Crippen molar-refractivity contribution < 1.29 is 23.8 Å². The number of rotatable bonds is 3. The molecule has 0 saturated carbocycles. The quantitative estimate of drug-likeness (QED) is 0.795.